The quantitative estimate of drug-likeness (QED) is 0.162. The Morgan fingerprint density at radius 2 is 1.54 bits per heavy atom. The summed E-state index contributed by atoms with van der Waals surface area (Å²) in [5.74, 6) is -0.550. The van der Waals surface area contributed by atoms with Crippen LogP contribution < -0.4 is 0 Å². The van der Waals surface area contributed by atoms with E-state index in [1.165, 1.54) is 11.5 Å². The van der Waals surface area contributed by atoms with Crippen LogP contribution in [0, 0.1) is 29.8 Å². The standard InChI is InChI=1S/C29H26NO.C23H24N.Ir/c1-29(2)15-12-19(13-16-29)21-14-17-30-26(18-21)25-9-5-8-23-24-11-10-20-6-3-4-7-22(20)27(24)31-28(23)25;1-17-10-11-20(15-21(17)19-8-6-5-7-9-19)22-14-18(12-13-24-22)16-23(2,3)4;/h3-8,10-11,14,17-19H,12-13,15-16H2,1-2H3;5-10,12-15H,16H2,1-4H3;/q2*-1;/i19D;1D3,16D2;. The molecule has 0 bridgehead atoms. The maximum atomic E-state index is 9.18. The summed E-state index contributed by atoms with van der Waals surface area (Å²) in [4.78, 5) is 9.07. The van der Waals surface area contributed by atoms with Gasteiger partial charge in [0.1, 0.15) is 5.58 Å². The normalized spacial score (nSPS) is 16.9. The van der Waals surface area contributed by atoms with E-state index >= 15 is 0 Å². The van der Waals surface area contributed by atoms with Crippen LogP contribution in [0.2, 0.25) is 0 Å². The Labute approximate surface area is 354 Å². The monoisotopic (exact) mass is 917 g/mol. The minimum Gasteiger partial charge on any atom is -0.500 e. The van der Waals surface area contributed by atoms with Crippen LogP contribution >= 0.6 is 0 Å². The summed E-state index contributed by atoms with van der Waals surface area (Å²) in [5.41, 5.74) is 7.55. The van der Waals surface area contributed by atoms with Crippen molar-refractivity contribution in [3.05, 3.63) is 156 Å². The first-order chi connectivity index (χ1) is 28.8. The molecule has 3 aromatic heterocycles. The van der Waals surface area contributed by atoms with Crippen LogP contribution in [-0.4, -0.2) is 9.97 Å². The zero-order chi connectivity index (χ0) is 43.4. The average Bonchev–Trinajstić information content (AvgIpc) is 3.64. The Hall–Kier alpha value is -4.89. The molecular formula is C52H50IrN2O-2. The molecule has 285 valence electrons. The van der Waals surface area contributed by atoms with E-state index in [4.69, 9.17) is 11.3 Å². The van der Waals surface area contributed by atoms with Gasteiger partial charge >= 0.3 is 0 Å². The number of pyridine rings is 2. The molecule has 0 aliphatic heterocycles. The number of nitrogens with zero attached hydrogens (tertiary/aromatic N) is 2. The molecule has 1 aliphatic rings. The summed E-state index contributed by atoms with van der Waals surface area (Å²) in [6.07, 6.45) is 5.79. The molecule has 3 heterocycles. The van der Waals surface area contributed by atoms with Crippen molar-refractivity contribution in [2.75, 3.05) is 0 Å². The average molecular weight is 917 g/mol. The molecule has 9 rings (SSSR count). The van der Waals surface area contributed by atoms with Crippen molar-refractivity contribution in [1.29, 1.82) is 0 Å². The molecule has 0 amide bonds. The first-order valence-electron chi connectivity index (χ1n) is 22.1. The van der Waals surface area contributed by atoms with Crippen LogP contribution in [0.1, 0.15) is 91.1 Å². The SMILES string of the molecule is [2H]C([2H])([2H])c1c[c-]c(-c2cc(C([2H])([2H])C(C)(C)C)ccn2)cc1-c1ccccc1.[2H]C1(c2ccnc(-c3[c-]ccc4c3oc3c5ccccc5ccc43)c2)CCC(C)(C)CC1.[Ir]. The smallest absolute Gasteiger partial charge is 0.128 e. The van der Waals surface area contributed by atoms with E-state index < -0.39 is 24.5 Å². The van der Waals surface area contributed by atoms with Gasteiger partial charge in [0.05, 0.1) is 5.58 Å². The summed E-state index contributed by atoms with van der Waals surface area (Å²) in [6.45, 7) is 7.93. The molecule has 56 heavy (non-hydrogen) atoms. The van der Waals surface area contributed by atoms with Gasteiger partial charge < -0.3 is 14.4 Å². The summed E-state index contributed by atoms with van der Waals surface area (Å²) in [6, 6.07) is 43.2. The number of aryl methyl sites for hydroxylation is 1. The minimum atomic E-state index is -2.26. The molecule has 3 nitrogen and oxygen atoms in total. The van der Waals surface area contributed by atoms with Gasteiger partial charge in [0, 0.05) is 51.5 Å². The molecule has 0 saturated heterocycles. The first-order valence-corrected chi connectivity index (χ1v) is 19.1. The number of rotatable bonds is 5. The van der Waals surface area contributed by atoms with Gasteiger partial charge in [-0.2, -0.15) is 0 Å². The van der Waals surface area contributed by atoms with Gasteiger partial charge in [-0.1, -0.05) is 148 Å². The van der Waals surface area contributed by atoms with E-state index in [1.807, 2.05) is 75.5 Å². The van der Waals surface area contributed by atoms with Gasteiger partial charge in [0.25, 0.3) is 0 Å². The fourth-order valence-corrected chi connectivity index (χ4v) is 7.55. The largest absolute Gasteiger partial charge is 0.500 e. The van der Waals surface area contributed by atoms with E-state index in [-0.39, 0.29) is 25.7 Å². The van der Waals surface area contributed by atoms with Crippen molar-refractivity contribution in [3.8, 4) is 33.6 Å². The van der Waals surface area contributed by atoms with Crippen molar-refractivity contribution < 1.29 is 32.7 Å². The molecule has 5 aromatic carbocycles. The molecule has 4 heteroatoms. The molecule has 0 N–H and O–H groups in total. The van der Waals surface area contributed by atoms with E-state index in [0.29, 0.717) is 27.8 Å². The molecule has 1 aliphatic carbocycles. The topological polar surface area (TPSA) is 38.9 Å². The maximum Gasteiger partial charge on any atom is 0.128 e. The Balaban J connectivity index is 0.000000185. The van der Waals surface area contributed by atoms with Crippen molar-refractivity contribution in [1.82, 2.24) is 9.97 Å². The Morgan fingerprint density at radius 3 is 2.32 bits per heavy atom. The Bertz CT molecular complexity index is 2870. The van der Waals surface area contributed by atoms with Crippen LogP contribution in [0.5, 0.6) is 0 Å². The molecule has 0 spiro atoms. The molecule has 8 aromatic rings. The fourth-order valence-electron chi connectivity index (χ4n) is 7.55. The van der Waals surface area contributed by atoms with Crippen molar-refractivity contribution in [3.63, 3.8) is 0 Å². The van der Waals surface area contributed by atoms with Gasteiger partial charge in [0.15, 0.2) is 0 Å². The summed E-state index contributed by atoms with van der Waals surface area (Å²) < 4.78 is 56.3. The number of hydrogen-bond acceptors (Lipinski definition) is 3. The van der Waals surface area contributed by atoms with Crippen LogP contribution in [0.3, 0.4) is 0 Å². The van der Waals surface area contributed by atoms with Crippen molar-refractivity contribution >= 4 is 32.7 Å². The molecule has 1 saturated carbocycles. The third kappa shape index (κ3) is 8.58. The van der Waals surface area contributed by atoms with E-state index in [2.05, 4.69) is 78.4 Å². The Morgan fingerprint density at radius 1 is 0.804 bits per heavy atom. The predicted molar refractivity (Wildman–Crippen MR) is 230 cm³/mol. The number of furan rings is 1. The summed E-state index contributed by atoms with van der Waals surface area (Å²) >= 11 is 0. The molecular weight excluding hydrogens is 861 g/mol. The fraction of sp³-hybridized carbons (Fsp3) is 0.269. The number of hydrogen-bond donors (Lipinski definition) is 0. The van der Waals surface area contributed by atoms with Crippen molar-refractivity contribution in [2.24, 2.45) is 10.8 Å². The van der Waals surface area contributed by atoms with Crippen LogP contribution in [0.25, 0.3) is 66.4 Å². The second kappa shape index (κ2) is 16.3. The van der Waals surface area contributed by atoms with E-state index in [0.717, 1.165) is 75.4 Å². The Kier molecular flexibility index (Phi) is 9.38. The zero-order valence-electron chi connectivity index (χ0n) is 38.6. The van der Waals surface area contributed by atoms with Crippen LogP contribution in [0.15, 0.2) is 132 Å². The van der Waals surface area contributed by atoms with Gasteiger partial charge in [0.2, 0.25) is 0 Å². The summed E-state index contributed by atoms with van der Waals surface area (Å²) in [7, 11) is 0. The van der Waals surface area contributed by atoms with Crippen LogP contribution in [0.4, 0.5) is 0 Å². The maximum absolute atomic E-state index is 9.18. The molecule has 0 unspecified atom stereocenters. The summed E-state index contributed by atoms with van der Waals surface area (Å²) in [5, 5.41) is 4.47. The third-order valence-corrected chi connectivity index (χ3v) is 10.5. The zero-order valence-corrected chi connectivity index (χ0v) is 35.0. The number of benzene rings is 5. The molecule has 0 atom stereocenters. The van der Waals surface area contributed by atoms with Gasteiger partial charge in [-0.25, -0.2) is 0 Å². The molecule has 1 radical (unpaired) electrons. The second-order valence-electron chi connectivity index (χ2n) is 16.4. The minimum absolute atomic E-state index is 0. The number of fused-ring (bicyclic) bond motifs is 5. The molecule has 1 fully saturated rings. The van der Waals surface area contributed by atoms with E-state index in [1.54, 1.807) is 24.4 Å². The van der Waals surface area contributed by atoms with Gasteiger partial charge in [-0.05, 0) is 83.3 Å². The number of aromatic nitrogens is 2. The predicted octanol–water partition coefficient (Wildman–Crippen LogP) is 14.4. The third-order valence-electron chi connectivity index (χ3n) is 10.5. The van der Waals surface area contributed by atoms with E-state index in [9.17, 15) is 1.37 Å². The van der Waals surface area contributed by atoms with Gasteiger partial charge in [-0.15, -0.1) is 47.5 Å². The van der Waals surface area contributed by atoms with Crippen molar-refractivity contribution in [2.45, 2.75) is 79.4 Å². The first kappa shape index (κ1) is 32.2. The van der Waals surface area contributed by atoms with Crippen LogP contribution in [-0.2, 0) is 26.5 Å². The van der Waals surface area contributed by atoms with Gasteiger partial charge in [-0.3, -0.25) is 0 Å². The second-order valence-corrected chi connectivity index (χ2v) is 16.4.